The van der Waals surface area contributed by atoms with E-state index in [1.165, 1.54) is 25.3 Å². The van der Waals surface area contributed by atoms with Gasteiger partial charge in [0.2, 0.25) is 11.9 Å². The second-order valence-corrected chi connectivity index (χ2v) is 13.1. The molecule has 0 spiro atoms. The van der Waals surface area contributed by atoms with Crippen LogP contribution < -0.4 is 41.0 Å². The van der Waals surface area contributed by atoms with Gasteiger partial charge in [-0.2, -0.15) is 28.1 Å². The van der Waals surface area contributed by atoms with Crippen LogP contribution in [-0.4, -0.2) is 84.2 Å². The van der Waals surface area contributed by atoms with Gasteiger partial charge in [0.25, 0.3) is 5.91 Å². The molecule has 0 saturated carbocycles. The van der Waals surface area contributed by atoms with Gasteiger partial charge in [-0.3, -0.25) is 9.80 Å². The zero-order chi connectivity index (χ0) is 39.3. The van der Waals surface area contributed by atoms with E-state index >= 15 is 0 Å². The van der Waals surface area contributed by atoms with Gasteiger partial charge in [-0.25, -0.2) is 15.4 Å². The summed E-state index contributed by atoms with van der Waals surface area (Å²) in [7, 11) is 1.17. The van der Waals surface area contributed by atoms with Crippen molar-refractivity contribution in [1.29, 1.82) is 0 Å². The molecule has 0 saturated heterocycles. The molecule has 2 amide bonds. The molecule has 3 heterocycles. The molecule has 5 N–H and O–H groups in total. The average Bonchev–Trinajstić information content (AvgIpc) is 3.10. The van der Waals surface area contributed by atoms with E-state index in [4.69, 9.17) is 29.5 Å². The molecular weight excluding hydrogens is 717 g/mol. The molecule has 19 heteroatoms. The molecule has 3 aromatic rings. The molecule has 2 aliphatic rings. The highest BCUT2D eigenvalue weighted by molar-refractivity contribution is 5.99. The van der Waals surface area contributed by atoms with Gasteiger partial charge in [0.15, 0.2) is 6.61 Å². The summed E-state index contributed by atoms with van der Waals surface area (Å²) in [5.74, 6) is 5.21. The van der Waals surface area contributed by atoms with Gasteiger partial charge in [0, 0.05) is 18.3 Å². The van der Waals surface area contributed by atoms with Crippen LogP contribution in [0.5, 0.6) is 17.5 Å². The summed E-state index contributed by atoms with van der Waals surface area (Å²) < 4.78 is 66.0. The van der Waals surface area contributed by atoms with E-state index < -0.39 is 48.4 Å². The number of alkyl halides is 3. The molecule has 0 unspecified atom stereocenters. The van der Waals surface area contributed by atoms with Gasteiger partial charge in [0.1, 0.15) is 23.1 Å². The van der Waals surface area contributed by atoms with Gasteiger partial charge < -0.3 is 39.6 Å². The Balaban J connectivity index is 1.61. The summed E-state index contributed by atoms with van der Waals surface area (Å²) >= 11 is 0. The van der Waals surface area contributed by atoms with Crippen LogP contribution in [-0.2, 0) is 20.8 Å². The van der Waals surface area contributed by atoms with Crippen molar-refractivity contribution in [2.45, 2.75) is 77.2 Å². The standard InChI is InChI=1S/C35H45F3N8O8/c1-34(2,3)54-33(49)40-16-15-26(29(48)50-4)42-28(47)25-14-11-23-19-27(25)52-18-8-6-5-7-17-51-24-12-9-22(10-13-24)20-46(39)31-43-30(41-23)44-32(45-31)53-21-35(36,37)38/h9-14,19,26H,5-8,15-18,20-21,39H2,1-4H3,(H,40,49)(H,42,47)(H,41,43,44,45)/t26-/m0/s1. The number of alkyl carbamates (subject to hydrolysis) is 1. The first-order valence-corrected chi connectivity index (χ1v) is 17.2. The van der Waals surface area contributed by atoms with E-state index in [9.17, 15) is 27.6 Å². The number of fused-ring (bicyclic) bond motifs is 10. The Hall–Kier alpha value is -5.59. The molecule has 294 valence electrons. The molecule has 1 aromatic heterocycles. The monoisotopic (exact) mass is 762 g/mol. The largest absolute Gasteiger partial charge is 0.494 e. The number of nitrogens with two attached hydrogens (primary N) is 1. The molecule has 0 radical (unpaired) electrons. The van der Waals surface area contributed by atoms with Crippen molar-refractivity contribution in [1.82, 2.24) is 25.6 Å². The number of nitrogens with zero attached hydrogens (tertiary/aromatic N) is 4. The van der Waals surface area contributed by atoms with E-state index in [-0.39, 0.29) is 55.0 Å². The van der Waals surface area contributed by atoms with E-state index in [1.807, 2.05) is 0 Å². The number of methoxy groups -OCH3 is 1. The van der Waals surface area contributed by atoms with E-state index in [0.29, 0.717) is 18.8 Å². The molecule has 6 bridgehead atoms. The molecule has 0 fully saturated rings. The van der Waals surface area contributed by atoms with Crippen molar-refractivity contribution in [3.63, 3.8) is 0 Å². The van der Waals surface area contributed by atoms with Crippen molar-refractivity contribution >= 4 is 35.6 Å². The van der Waals surface area contributed by atoms with E-state index in [0.717, 1.165) is 29.8 Å². The molecule has 2 aliphatic heterocycles. The lowest BCUT2D eigenvalue weighted by atomic mass is 10.1. The zero-order valence-electron chi connectivity index (χ0n) is 30.5. The maximum Gasteiger partial charge on any atom is 0.422 e. The SMILES string of the molecule is COC(=O)[C@H](CCNC(=O)OC(C)(C)C)NC(=O)c1ccc2cc1OCCCCCCOc1ccc(cc1)CN(N)c1nc(nc(OCC(F)(F)F)n1)N2. The molecule has 0 aliphatic carbocycles. The van der Waals surface area contributed by atoms with Crippen molar-refractivity contribution in [3.8, 4) is 17.5 Å². The third-order valence-corrected chi connectivity index (χ3v) is 7.44. The number of nitrogens with one attached hydrogen (secondary N) is 3. The summed E-state index contributed by atoms with van der Waals surface area (Å²) in [6, 6.07) is 9.76. The average molecular weight is 763 g/mol. The smallest absolute Gasteiger partial charge is 0.422 e. The van der Waals surface area contributed by atoms with E-state index in [1.54, 1.807) is 45.0 Å². The normalized spacial score (nSPS) is 14.6. The predicted molar refractivity (Wildman–Crippen MR) is 189 cm³/mol. The highest BCUT2D eigenvalue weighted by Crippen LogP contribution is 2.28. The number of hydrogen-bond acceptors (Lipinski definition) is 14. The second kappa shape index (κ2) is 18.9. The number of amides is 2. The molecule has 5 rings (SSSR count). The Bertz CT molecular complexity index is 1720. The number of rotatable bonds is 8. The lowest BCUT2D eigenvalue weighted by Gasteiger charge is -2.21. The third-order valence-electron chi connectivity index (χ3n) is 7.44. The Morgan fingerprint density at radius 2 is 1.69 bits per heavy atom. The number of anilines is 3. The fraction of sp³-hybridized carbons (Fsp3) is 0.486. The van der Waals surface area contributed by atoms with E-state index in [2.05, 4.69) is 30.9 Å². The van der Waals surface area contributed by atoms with Crippen molar-refractivity contribution in [3.05, 3.63) is 53.6 Å². The van der Waals surface area contributed by atoms with Gasteiger partial charge in [-0.1, -0.05) is 12.1 Å². The summed E-state index contributed by atoms with van der Waals surface area (Å²) in [6.45, 7) is 4.24. The highest BCUT2D eigenvalue weighted by Gasteiger charge is 2.30. The Kier molecular flexibility index (Phi) is 14.4. The van der Waals surface area contributed by atoms with Gasteiger partial charge >= 0.3 is 24.2 Å². The minimum Gasteiger partial charge on any atom is -0.494 e. The van der Waals surface area contributed by atoms with Gasteiger partial charge in [0.05, 0.1) is 32.4 Å². The maximum atomic E-state index is 13.6. The van der Waals surface area contributed by atoms with Crippen LogP contribution in [0.3, 0.4) is 0 Å². The number of carbonyl (C=O) groups excluding carboxylic acids is 3. The number of benzene rings is 2. The first-order valence-electron chi connectivity index (χ1n) is 17.2. The predicted octanol–water partition coefficient (Wildman–Crippen LogP) is 4.95. The number of carbonyl (C=O) groups is 3. The Morgan fingerprint density at radius 1 is 0.981 bits per heavy atom. The second-order valence-electron chi connectivity index (χ2n) is 13.1. The number of aromatic nitrogens is 3. The van der Waals surface area contributed by atoms with Crippen LogP contribution in [0, 0.1) is 0 Å². The maximum absolute atomic E-state index is 13.6. The van der Waals surface area contributed by atoms with Crippen LogP contribution in [0.1, 0.15) is 68.8 Å². The lowest BCUT2D eigenvalue weighted by Crippen LogP contribution is -2.44. The van der Waals surface area contributed by atoms with Crippen molar-refractivity contribution < 1.29 is 51.2 Å². The molecule has 16 nitrogen and oxygen atoms in total. The quantitative estimate of drug-likeness (QED) is 0.177. The van der Waals surface area contributed by atoms with Crippen molar-refractivity contribution in [2.24, 2.45) is 5.84 Å². The topological polar surface area (TPSA) is 201 Å². The molecular formula is C35H45F3N8O8. The number of halogens is 3. The van der Waals surface area contributed by atoms with Crippen LogP contribution in [0.25, 0.3) is 0 Å². The summed E-state index contributed by atoms with van der Waals surface area (Å²) in [5, 5.41) is 9.19. The number of hydrazine groups is 1. The van der Waals surface area contributed by atoms with Crippen LogP contribution >= 0.6 is 0 Å². The highest BCUT2D eigenvalue weighted by atomic mass is 19.4. The fourth-order valence-electron chi connectivity index (χ4n) is 4.93. The molecule has 1 atom stereocenters. The number of esters is 1. The lowest BCUT2D eigenvalue weighted by molar-refractivity contribution is -0.154. The Morgan fingerprint density at radius 3 is 2.35 bits per heavy atom. The molecule has 54 heavy (non-hydrogen) atoms. The first-order chi connectivity index (χ1) is 25.6. The van der Waals surface area contributed by atoms with Gasteiger partial charge in [-0.15, -0.1) is 0 Å². The van der Waals surface area contributed by atoms with Crippen LogP contribution in [0.4, 0.5) is 35.5 Å². The Labute approximate surface area is 310 Å². The number of ether oxygens (including phenoxy) is 5. The minimum atomic E-state index is -4.67. The molecule has 2 aromatic carbocycles. The summed E-state index contributed by atoms with van der Waals surface area (Å²) in [5.41, 5.74) is 0.358. The zero-order valence-corrected chi connectivity index (χ0v) is 30.5. The fourth-order valence-corrected chi connectivity index (χ4v) is 4.93. The number of hydrogen-bond donors (Lipinski definition) is 4. The minimum absolute atomic E-state index is 0.0131. The van der Waals surface area contributed by atoms with Crippen molar-refractivity contribution in [2.75, 3.05) is 43.8 Å². The van der Waals surface area contributed by atoms with Crippen LogP contribution in [0.2, 0.25) is 0 Å². The van der Waals surface area contributed by atoms with Gasteiger partial charge in [-0.05, 0) is 82.7 Å². The van der Waals surface area contributed by atoms with Crippen LogP contribution in [0.15, 0.2) is 42.5 Å². The summed E-state index contributed by atoms with van der Waals surface area (Å²) in [6.07, 6.45) is -2.28. The summed E-state index contributed by atoms with van der Waals surface area (Å²) in [4.78, 5) is 50.6. The third kappa shape index (κ3) is 13.8. The first kappa shape index (κ1) is 41.2.